The number of rotatable bonds is 8. The first kappa shape index (κ1) is 16.1. The van der Waals surface area contributed by atoms with Crippen LogP contribution in [0.25, 0.3) is 0 Å². The quantitative estimate of drug-likeness (QED) is 0.767. The summed E-state index contributed by atoms with van der Waals surface area (Å²) in [5.74, 6) is -1.02. The summed E-state index contributed by atoms with van der Waals surface area (Å²) >= 11 is 1.08. The number of carbonyl (C=O) groups excluding carboxylic acids is 1. The minimum Gasteiger partial charge on any atom is -0.481 e. The highest BCUT2D eigenvalue weighted by atomic mass is 32.2. The van der Waals surface area contributed by atoms with Gasteiger partial charge in [0.05, 0.1) is 24.2 Å². The molecule has 116 valence electrons. The fraction of sp³-hybridized carbons (Fsp3) is 0.267. The van der Waals surface area contributed by atoms with E-state index in [0.717, 1.165) is 22.9 Å². The zero-order chi connectivity index (χ0) is 15.8. The smallest absolute Gasteiger partial charge is 0.313 e. The number of benzene rings is 1. The lowest BCUT2D eigenvalue weighted by Gasteiger charge is -2.03. The molecule has 0 fully saturated rings. The van der Waals surface area contributed by atoms with Gasteiger partial charge in [-0.1, -0.05) is 30.3 Å². The Balaban J connectivity index is 1.75. The van der Waals surface area contributed by atoms with E-state index < -0.39 is 5.97 Å². The number of carboxylic acid groups (broad SMARTS) is 1. The number of hydrogen-bond acceptors (Lipinski definition) is 4. The summed E-state index contributed by atoms with van der Waals surface area (Å²) in [6.45, 7) is 1.07. The predicted octanol–water partition coefficient (Wildman–Crippen LogP) is 1.37. The van der Waals surface area contributed by atoms with E-state index in [-0.39, 0.29) is 17.4 Å². The zero-order valence-corrected chi connectivity index (χ0v) is 12.8. The molecule has 6 nitrogen and oxygen atoms in total. The minimum atomic E-state index is -0.917. The van der Waals surface area contributed by atoms with Gasteiger partial charge in [0.15, 0.2) is 0 Å². The van der Waals surface area contributed by atoms with Crippen molar-refractivity contribution in [2.24, 2.45) is 0 Å². The van der Waals surface area contributed by atoms with E-state index in [4.69, 9.17) is 5.11 Å². The lowest BCUT2D eigenvalue weighted by molar-refractivity contribution is -0.133. The maximum atomic E-state index is 11.5. The molecule has 0 radical (unpaired) electrons. The Morgan fingerprint density at radius 2 is 1.95 bits per heavy atom. The molecule has 1 aromatic carbocycles. The van der Waals surface area contributed by atoms with Crippen molar-refractivity contribution in [1.82, 2.24) is 15.1 Å². The summed E-state index contributed by atoms with van der Waals surface area (Å²) < 4.78 is 1.82. The van der Waals surface area contributed by atoms with Crippen molar-refractivity contribution in [2.75, 3.05) is 11.5 Å². The summed E-state index contributed by atoms with van der Waals surface area (Å²) in [5.41, 5.74) is 2.07. The Morgan fingerprint density at radius 3 is 2.68 bits per heavy atom. The molecule has 22 heavy (non-hydrogen) atoms. The van der Waals surface area contributed by atoms with Gasteiger partial charge in [0.1, 0.15) is 0 Å². The lowest BCUT2D eigenvalue weighted by atomic mass is 10.2. The Kier molecular flexibility index (Phi) is 6.02. The molecule has 2 N–H and O–H groups in total. The molecule has 2 aromatic rings. The average Bonchev–Trinajstić information content (AvgIpc) is 2.93. The van der Waals surface area contributed by atoms with Crippen LogP contribution in [0.3, 0.4) is 0 Å². The second kappa shape index (κ2) is 8.23. The van der Waals surface area contributed by atoms with E-state index in [1.807, 2.05) is 41.2 Å². The predicted molar refractivity (Wildman–Crippen MR) is 84.6 cm³/mol. The van der Waals surface area contributed by atoms with Gasteiger partial charge in [-0.3, -0.25) is 14.3 Å². The molecule has 0 atom stereocenters. The molecule has 0 aliphatic carbocycles. The average molecular weight is 319 g/mol. The molecule has 0 saturated heterocycles. The number of carbonyl (C=O) groups is 2. The third-order valence-electron chi connectivity index (χ3n) is 2.82. The number of carboxylic acids is 1. The van der Waals surface area contributed by atoms with Crippen molar-refractivity contribution in [3.63, 3.8) is 0 Å². The standard InChI is InChI=1S/C15H17N3O3S/c19-14(10-22-11-15(20)21)16-6-13-7-17-18(9-13)8-12-4-2-1-3-5-12/h1-5,7,9H,6,8,10-11H2,(H,16,19)(H,20,21). The number of aliphatic carboxylic acids is 1. The second-order valence-electron chi connectivity index (χ2n) is 4.70. The van der Waals surface area contributed by atoms with Gasteiger partial charge in [-0.05, 0) is 5.56 Å². The van der Waals surface area contributed by atoms with Crippen LogP contribution in [-0.4, -0.2) is 38.3 Å². The van der Waals surface area contributed by atoms with Gasteiger partial charge in [-0.25, -0.2) is 0 Å². The van der Waals surface area contributed by atoms with Crippen LogP contribution in [-0.2, 0) is 22.7 Å². The highest BCUT2D eigenvalue weighted by molar-refractivity contribution is 8.00. The van der Waals surface area contributed by atoms with Crippen LogP contribution >= 0.6 is 11.8 Å². The summed E-state index contributed by atoms with van der Waals surface area (Å²) in [5, 5.41) is 15.5. The number of thioether (sulfide) groups is 1. The molecule has 0 bridgehead atoms. The molecular weight excluding hydrogens is 302 g/mol. The Morgan fingerprint density at radius 1 is 1.18 bits per heavy atom. The van der Waals surface area contributed by atoms with Gasteiger partial charge in [0.2, 0.25) is 5.91 Å². The molecular formula is C15H17N3O3S. The fourth-order valence-electron chi connectivity index (χ4n) is 1.84. The van der Waals surface area contributed by atoms with Crippen LogP contribution in [0.1, 0.15) is 11.1 Å². The fourth-order valence-corrected chi connectivity index (χ4v) is 2.40. The topological polar surface area (TPSA) is 84.2 Å². The molecule has 2 rings (SSSR count). The molecule has 0 unspecified atom stereocenters. The van der Waals surface area contributed by atoms with Gasteiger partial charge < -0.3 is 10.4 Å². The number of hydrogen-bond donors (Lipinski definition) is 2. The van der Waals surface area contributed by atoms with Crippen molar-refractivity contribution < 1.29 is 14.7 Å². The van der Waals surface area contributed by atoms with Crippen molar-refractivity contribution in [3.8, 4) is 0 Å². The highest BCUT2D eigenvalue weighted by Crippen LogP contribution is 2.04. The highest BCUT2D eigenvalue weighted by Gasteiger charge is 2.05. The molecule has 1 aromatic heterocycles. The third kappa shape index (κ3) is 5.61. The lowest BCUT2D eigenvalue weighted by Crippen LogP contribution is -2.24. The molecule has 1 heterocycles. The van der Waals surface area contributed by atoms with Crippen LogP contribution in [0.15, 0.2) is 42.7 Å². The van der Waals surface area contributed by atoms with E-state index in [0.29, 0.717) is 13.1 Å². The number of nitrogens with one attached hydrogen (secondary N) is 1. The first-order valence-corrected chi connectivity index (χ1v) is 7.90. The zero-order valence-electron chi connectivity index (χ0n) is 11.9. The minimum absolute atomic E-state index is 0.0670. The number of amides is 1. The van der Waals surface area contributed by atoms with Crippen LogP contribution in [0.2, 0.25) is 0 Å². The monoisotopic (exact) mass is 319 g/mol. The summed E-state index contributed by atoms with van der Waals surface area (Å²) in [7, 11) is 0. The van der Waals surface area contributed by atoms with Gasteiger partial charge in [0, 0.05) is 18.3 Å². The van der Waals surface area contributed by atoms with E-state index in [1.54, 1.807) is 6.20 Å². The molecule has 7 heteroatoms. The van der Waals surface area contributed by atoms with Crippen LogP contribution in [0, 0.1) is 0 Å². The molecule has 0 spiro atoms. The molecule has 0 aliphatic rings. The SMILES string of the molecule is O=C(O)CSCC(=O)NCc1cnn(Cc2ccccc2)c1. The largest absolute Gasteiger partial charge is 0.481 e. The molecule has 0 aliphatic heterocycles. The summed E-state index contributed by atoms with van der Waals surface area (Å²) in [4.78, 5) is 21.9. The van der Waals surface area contributed by atoms with Gasteiger partial charge in [-0.2, -0.15) is 5.10 Å². The maximum absolute atomic E-state index is 11.5. The van der Waals surface area contributed by atoms with Crippen molar-refractivity contribution in [3.05, 3.63) is 53.9 Å². The van der Waals surface area contributed by atoms with E-state index >= 15 is 0 Å². The van der Waals surface area contributed by atoms with Crippen LogP contribution in [0.5, 0.6) is 0 Å². The van der Waals surface area contributed by atoms with Crippen molar-refractivity contribution >= 4 is 23.6 Å². The normalized spacial score (nSPS) is 10.4. The maximum Gasteiger partial charge on any atom is 0.313 e. The Bertz CT molecular complexity index is 628. The van der Waals surface area contributed by atoms with E-state index in [2.05, 4.69) is 10.4 Å². The summed E-state index contributed by atoms with van der Waals surface area (Å²) in [6, 6.07) is 9.99. The number of aromatic nitrogens is 2. The van der Waals surface area contributed by atoms with E-state index in [9.17, 15) is 9.59 Å². The number of nitrogens with zero attached hydrogens (tertiary/aromatic N) is 2. The van der Waals surface area contributed by atoms with Crippen LogP contribution < -0.4 is 5.32 Å². The van der Waals surface area contributed by atoms with E-state index in [1.165, 1.54) is 0 Å². The second-order valence-corrected chi connectivity index (χ2v) is 5.68. The van der Waals surface area contributed by atoms with Gasteiger partial charge in [-0.15, -0.1) is 11.8 Å². The van der Waals surface area contributed by atoms with Gasteiger partial charge in [0.25, 0.3) is 0 Å². The molecule has 0 saturated carbocycles. The summed E-state index contributed by atoms with van der Waals surface area (Å²) in [6.07, 6.45) is 3.60. The van der Waals surface area contributed by atoms with Crippen LogP contribution in [0.4, 0.5) is 0 Å². The van der Waals surface area contributed by atoms with Gasteiger partial charge >= 0.3 is 5.97 Å². The third-order valence-corrected chi connectivity index (χ3v) is 3.74. The first-order valence-electron chi connectivity index (χ1n) is 6.75. The Hall–Kier alpha value is -2.28. The first-order chi connectivity index (χ1) is 10.6. The Labute approximate surface area is 132 Å². The van der Waals surface area contributed by atoms with Crippen molar-refractivity contribution in [2.45, 2.75) is 13.1 Å². The molecule has 1 amide bonds. The van der Waals surface area contributed by atoms with Crippen molar-refractivity contribution in [1.29, 1.82) is 0 Å².